The molecule has 1 fully saturated rings. The van der Waals surface area contributed by atoms with Crippen molar-refractivity contribution in [1.29, 1.82) is 0 Å². The summed E-state index contributed by atoms with van der Waals surface area (Å²) >= 11 is 0. The van der Waals surface area contributed by atoms with Gasteiger partial charge in [0.25, 0.3) is 5.91 Å². The number of nitrogens with one attached hydrogen (secondary N) is 2. The zero-order chi connectivity index (χ0) is 21.5. The van der Waals surface area contributed by atoms with E-state index in [-0.39, 0.29) is 5.91 Å². The number of rotatable bonds is 5. The average Bonchev–Trinajstić information content (AvgIpc) is 3.41. The first-order valence-electron chi connectivity index (χ1n) is 10.8. The van der Waals surface area contributed by atoms with Gasteiger partial charge >= 0.3 is 0 Å². The summed E-state index contributed by atoms with van der Waals surface area (Å²) in [5.41, 5.74) is 6.13. The van der Waals surface area contributed by atoms with Crippen LogP contribution in [0, 0.1) is 0 Å². The van der Waals surface area contributed by atoms with E-state index in [1.54, 1.807) is 6.20 Å². The van der Waals surface area contributed by atoms with E-state index >= 15 is 0 Å². The summed E-state index contributed by atoms with van der Waals surface area (Å²) < 4.78 is 1.90. The molecule has 0 saturated heterocycles. The molecule has 0 atom stereocenters. The molecular weight excluding hydrogens is 398 g/mol. The molecule has 0 aliphatic heterocycles. The van der Waals surface area contributed by atoms with Gasteiger partial charge in [-0.3, -0.25) is 4.79 Å². The Kier molecular flexibility index (Phi) is 4.35. The summed E-state index contributed by atoms with van der Waals surface area (Å²) in [5, 5.41) is 7.60. The van der Waals surface area contributed by atoms with Gasteiger partial charge < -0.3 is 10.3 Å². The molecule has 0 bridgehead atoms. The lowest BCUT2D eigenvalue weighted by molar-refractivity contribution is 0.102. The van der Waals surface area contributed by atoms with E-state index in [1.807, 2.05) is 83.5 Å². The van der Waals surface area contributed by atoms with Gasteiger partial charge in [-0.1, -0.05) is 42.5 Å². The largest absolute Gasteiger partial charge is 0.338 e. The van der Waals surface area contributed by atoms with Crippen molar-refractivity contribution < 1.29 is 4.79 Å². The number of nitrogens with zero attached hydrogens (tertiary/aromatic N) is 3. The molecule has 6 heteroatoms. The van der Waals surface area contributed by atoms with E-state index in [4.69, 9.17) is 0 Å². The second-order valence-electron chi connectivity index (χ2n) is 8.10. The molecule has 1 aliphatic rings. The fourth-order valence-electron chi connectivity index (χ4n) is 4.09. The smallest absolute Gasteiger partial charge is 0.259 e. The van der Waals surface area contributed by atoms with Crippen LogP contribution >= 0.6 is 0 Å². The van der Waals surface area contributed by atoms with Gasteiger partial charge in [0.2, 0.25) is 0 Å². The van der Waals surface area contributed by atoms with E-state index in [2.05, 4.69) is 20.4 Å². The van der Waals surface area contributed by atoms with Crippen LogP contribution < -0.4 is 5.32 Å². The highest BCUT2D eigenvalue weighted by molar-refractivity contribution is 6.05. The van der Waals surface area contributed by atoms with Gasteiger partial charge in [0, 0.05) is 17.2 Å². The van der Waals surface area contributed by atoms with E-state index in [0.717, 1.165) is 52.3 Å². The fraction of sp³-hybridized carbons (Fsp3) is 0.115. The van der Waals surface area contributed by atoms with Gasteiger partial charge in [-0.2, -0.15) is 5.10 Å². The van der Waals surface area contributed by atoms with E-state index in [1.165, 1.54) is 0 Å². The number of hydrogen-bond acceptors (Lipinski definition) is 3. The molecule has 156 valence electrons. The van der Waals surface area contributed by atoms with Crippen molar-refractivity contribution >= 4 is 22.6 Å². The number of benzene rings is 3. The monoisotopic (exact) mass is 419 g/mol. The Morgan fingerprint density at radius 1 is 0.969 bits per heavy atom. The van der Waals surface area contributed by atoms with Gasteiger partial charge in [0.1, 0.15) is 5.82 Å². The predicted octanol–water partition coefficient (Wildman–Crippen LogP) is 5.55. The Balaban J connectivity index is 1.30. The predicted molar refractivity (Wildman–Crippen MR) is 125 cm³/mol. The van der Waals surface area contributed by atoms with Crippen molar-refractivity contribution in [2.75, 3.05) is 5.32 Å². The molecule has 2 heterocycles. The molecular formula is C26H21N5O. The molecule has 0 unspecified atom stereocenters. The summed E-state index contributed by atoms with van der Waals surface area (Å²) in [6.07, 6.45) is 3.85. The van der Waals surface area contributed by atoms with Crippen molar-refractivity contribution in [3.8, 4) is 17.1 Å². The van der Waals surface area contributed by atoms with E-state index < -0.39 is 0 Å². The van der Waals surface area contributed by atoms with Gasteiger partial charge in [-0.15, -0.1) is 0 Å². The minimum absolute atomic E-state index is 0.143. The van der Waals surface area contributed by atoms with Crippen LogP contribution in [0.2, 0.25) is 0 Å². The molecule has 6 rings (SSSR count). The normalized spacial score (nSPS) is 13.4. The highest BCUT2D eigenvalue weighted by atomic mass is 16.1. The molecule has 0 spiro atoms. The molecule has 32 heavy (non-hydrogen) atoms. The maximum atomic E-state index is 13.2. The number of carbonyl (C=O) groups is 1. The first-order chi connectivity index (χ1) is 15.8. The number of imidazole rings is 1. The van der Waals surface area contributed by atoms with Crippen LogP contribution in [0.25, 0.3) is 28.1 Å². The lowest BCUT2D eigenvalue weighted by atomic mass is 10.1. The maximum Gasteiger partial charge on any atom is 0.259 e. The maximum absolute atomic E-state index is 13.2. The Morgan fingerprint density at radius 3 is 2.59 bits per heavy atom. The van der Waals surface area contributed by atoms with Crippen molar-refractivity contribution in [3.05, 3.63) is 96.3 Å². The second-order valence-corrected chi connectivity index (χ2v) is 8.10. The summed E-state index contributed by atoms with van der Waals surface area (Å²) in [7, 11) is 0. The molecule has 1 aliphatic carbocycles. The first-order valence-corrected chi connectivity index (χ1v) is 10.8. The lowest BCUT2D eigenvalue weighted by Crippen LogP contribution is -2.14. The van der Waals surface area contributed by atoms with E-state index in [9.17, 15) is 4.79 Å². The third kappa shape index (κ3) is 3.36. The van der Waals surface area contributed by atoms with Crippen LogP contribution in [0.15, 0.2) is 85.1 Å². The average molecular weight is 419 g/mol. The van der Waals surface area contributed by atoms with Crippen LogP contribution in [-0.4, -0.2) is 25.7 Å². The third-order valence-electron chi connectivity index (χ3n) is 5.80. The van der Waals surface area contributed by atoms with Crippen LogP contribution in [-0.2, 0) is 0 Å². The molecule has 0 radical (unpaired) electrons. The van der Waals surface area contributed by atoms with Crippen LogP contribution in [0.3, 0.4) is 0 Å². The first kappa shape index (κ1) is 18.6. The molecule has 6 nitrogen and oxygen atoms in total. The van der Waals surface area contributed by atoms with Gasteiger partial charge in [0.05, 0.1) is 34.2 Å². The van der Waals surface area contributed by atoms with Crippen molar-refractivity contribution in [2.45, 2.75) is 18.8 Å². The third-order valence-corrected chi connectivity index (χ3v) is 5.80. The summed E-state index contributed by atoms with van der Waals surface area (Å²) in [6, 6.07) is 25.6. The summed E-state index contributed by atoms with van der Waals surface area (Å²) in [4.78, 5) is 21.2. The Morgan fingerprint density at radius 2 is 1.78 bits per heavy atom. The van der Waals surface area contributed by atoms with Crippen molar-refractivity contribution in [3.63, 3.8) is 0 Å². The van der Waals surface area contributed by atoms with Crippen LogP contribution in [0.1, 0.15) is 34.8 Å². The van der Waals surface area contributed by atoms with Gasteiger partial charge in [-0.05, 0) is 49.2 Å². The Bertz CT molecular complexity index is 1400. The van der Waals surface area contributed by atoms with Gasteiger partial charge in [0.15, 0.2) is 0 Å². The Hall–Kier alpha value is -4.19. The molecule has 2 aromatic heterocycles. The lowest BCUT2D eigenvalue weighted by Gasteiger charge is -2.10. The number of carbonyl (C=O) groups excluding carboxylic acids is 1. The molecule has 2 N–H and O–H groups in total. The molecule has 5 aromatic rings. The van der Waals surface area contributed by atoms with Gasteiger partial charge in [-0.25, -0.2) is 9.67 Å². The minimum Gasteiger partial charge on any atom is -0.338 e. The zero-order valence-electron chi connectivity index (χ0n) is 17.3. The highest BCUT2D eigenvalue weighted by Crippen LogP contribution is 2.42. The van der Waals surface area contributed by atoms with Crippen LogP contribution in [0.5, 0.6) is 0 Å². The quantitative estimate of drug-likeness (QED) is 0.392. The zero-order valence-corrected chi connectivity index (χ0v) is 17.3. The van der Waals surface area contributed by atoms with Crippen molar-refractivity contribution in [2.24, 2.45) is 0 Å². The molecule has 1 amide bonds. The number of aromatic amines is 1. The number of anilines is 1. The Labute approximate surface area is 184 Å². The topological polar surface area (TPSA) is 75.6 Å². The molecule has 3 aromatic carbocycles. The number of fused-ring (bicyclic) bond motifs is 1. The summed E-state index contributed by atoms with van der Waals surface area (Å²) in [6.45, 7) is 0. The minimum atomic E-state index is -0.143. The summed E-state index contributed by atoms with van der Waals surface area (Å²) in [5.74, 6) is 1.01. The number of H-pyrrole nitrogens is 1. The highest BCUT2D eigenvalue weighted by Gasteiger charge is 2.33. The second kappa shape index (κ2) is 7.50. The molecule has 1 saturated carbocycles. The van der Waals surface area contributed by atoms with Crippen molar-refractivity contribution in [1.82, 2.24) is 19.7 Å². The number of amides is 1. The standard InChI is InChI=1S/C26H21N5O/c32-26(21-16-27-31(24(21)17-13-14-17)20-9-2-1-3-10-20)28-19-8-6-7-18(15-19)25-29-22-11-4-5-12-23(22)30-25/h1-12,15-17H,13-14H2,(H,28,32)(H,29,30). The number of para-hydroxylation sites is 3. The van der Waals surface area contributed by atoms with E-state index in [0.29, 0.717) is 11.5 Å². The number of hydrogen-bond donors (Lipinski definition) is 2. The van der Waals surface area contributed by atoms with Crippen LogP contribution in [0.4, 0.5) is 5.69 Å². The number of aromatic nitrogens is 4. The SMILES string of the molecule is O=C(Nc1cccc(-c2nc3ccccc3[nH]2)c1)c1cnn(-c2ccccc2)c1C1CC1. The fourth-order valence-corrected chi connectivity index (χ4v) is 4.09.